The summed E-state index contributed by atoms with van der Waals surface area (Å²) in [5.74, 6) is 1.93. The van der Waals surface area contributed by atoms with Crippen molar-refractivity contribution in [3.05, 3.63) is 176 Å². The quantitative estimate of drug-likeness (QED) is 0.194. The van der Waals surface area contributed by atoms with Crippen LogP contribution in [0.2, 0.25) is 0 Å². The number of benzene rings is 7. The molecule has 8 aromatic rings. The van der Waals surface area contributed by atoms with Crippen LogP contribution in [0, 0.1) is 0 Å². The van der Waals surface area contributed by atoms with Crippen LogP contribution in [0.1, 0.15) is 0 Å². The molecule has 0 bridgehead atoms. The Morgan fingerprint density at radius 1 is 0.261 bits per heavy atom. The van der Waals surface area contributed by atoms with Crippen LogP contribution in [0.25, 0.3) is 78.3 Å². The Kier molecular flexibility index (Phi) is 7.18. The highest BCUT2D eigenvalue weighted by Gasteiger charge is 2.15. The first-order chi connectivity index (χ1) is 22.8. The van der Waals surface area contributed by atoms with Crippen LogP contribution >= 0.6 is 0 Å². The zero-order valence-electron chi connectivity index (χ0n) is 25.1. The second kappa shape index (κ2) is 12.1. The standard InChI is InChI=1S/C43H29N3/c1-4-14-30(15-5-1)33-21-12-23-36(26-33)42-44-41(32-18-8-3-9-19-32)45-43(46-42)37-24-13-22-35(27-37)40-29-38(31-16-6-2-7-17-31)28-34-20-10-11-25-39(34)40/h1-29H. The number of hydrogen-bond donors (Lipinski definition) is 0. The Balaban J connectivity index is 1.28. The van der Waals surface area contributed by atoms with Crippen molar-refractivity contribution < 1.29 is 0 Å². The smallest absolute Gasteiger partial charge is 0.164 e. The molecule has 0 N–H and O–H groups in total. The first kappa shape index (κ1) is 27.4. The van der Waals surface area contributed by atoms with Crippen LogP contribution in [0.3, 0.4) is 0 Å². The van der Waals surface area contributed by atoms with Gasteiger partial charge in [0.05, 0.1) is 0 Å². The maximum absolute atomic E-state index is 5.07. The molecule has 0 aliphatic rings. The summed E-state index contributed by atoms with van der Waals surface area (Å²) in [4.78, 5) is 15.1. The molecule has 0 atom stereocenters. The monoisotopic (exact) mass is 587 g/mol. The summed E-state index contributed by atoms with van der Waals surface area (Å²) in [6, 6.07) is 61.2. The predicted octanol–water partition coefficient (Wildman–Crippen LogP) is 11.0. The van der Waals surface area contributed by atoms with Crippen molar-refractivity contribution in [3.8, 4) is 67.5 Å². The second-order valence-electron chi connectivity index (χ2n) is 11.3. The second-order valence-corrected chi connectivity index (χ2v) is 11.3. The number of hydrogen-bond acceptors (Lipinski definition) is 3. The largest absolute Gasteiger partial charge is 0.208 e. The zero-order chi connectivity index (χ0) is 30.7. The summed E-state index contributed by atoms with van der Waals surface area (Å²) in [5, 5.41) is 2.41. The van der Waals surface area contributed by atoms with E-state index in [-0.39, 0.29) is 0 Å². The minimum Gasteiger partial charge on any atom is -0.208 e. The Labute approximate surface area is 268 Å². The summed E-state index contributed by atoms with van der Waals surface area (Å²) in [5.41, 5.74) is 9.77. The molecule has 3 nitrogen and oxygen atoms in total. The molecule has 7 aromatic carbocycles. The van der Waals surface area contributed by atoms with Gasteiger partial charge in [0.2, 0.25) is 0 Å². The molecule has 0 saturated heterocycles. The molecular weight excluding hydrogens is 558 g/mol. The predicted molar refractivity (Wildman–Crippen MR) is 190 cm³/mol. The first-order valence-corrected chi connectivity index (χ1v) is 15.4. The van der Waals surface area contributed by atoms with E-state index >= 15 is 0 Å². The van der Waals surface area contributed by atoms with Crippen LogP contribution < -0.4 is 0 Å². The molecule has 8 rings (SSSR count). The molecule has 3 heteroatoms. The van der Waals surface area contributed by atoms with Gasteiger partial charge in [-0.25, -0.2) is 15.0 Å². The van der Waals surface area contributed by atoms with Crippen LogP contribution in [0.15, 0.2) is 176 Å². The van der Waals surface area contributed by atoms with E-state index in [0.29, 0.717) is 17.5 Å². The van der Waals surface area contributed by atoms with Gasteiger partial charge in [-0.15, -0.1) is 0 Å². The normalized spacial score (nSPS) is 11.0. The van der Waals surface area contributed by atoms with Crippen molar-refractivity contribution in [2.24, 2.45) is 0 Å². The third-order valence-electron chi connectivity index (χ3n) is 8.30. The van der Waals surface area contributed by atoms with E-state index in [0.717, 1.165) is 33.4 Å². The van der Waals surface area contributed by atoms with Gasteiger partial charge in [0, 0.05) is 16.7 Å². The molecule has 0 fully saturated rings. The molecule has 0 spiro atoms. The topological polar surface area (TPSA) is 38.7 Å². The summed E-state index contributed by atoms with van der Waals surface area (Å²) >= 11 is 0. The van der Waals surface area contributed by atoms with E-state index in [1.807, 2.05) is 36.4 Å². The summed E-state index contributed by atoms with van der Waals surface area (Å²) in [6.45, 7) is 0. The lowest BCUT2D eigenvalue weighted by molar-refractivity contribution is 1.07. The molecule has 0 saturated carbocycles. The fourth-order valence-corrected chi connectivity index (χ4v) is 5.99. The molecular formula is C43H29N3. The number of nitrogens with zero attached hydrogens (tertiary/aromatic N) is 3. The SMILES string of the molecule is c1ccc(-c2cccc(-c3nc(-c4ccccc4)nc(-c4cccc(-c5cc(-c6ccccc6)cc6ccccc56)c4)n3)c2)cc1. The van der Waals surface area contributed by atoms with Gasteiger partial charge in [-0.1, -0.05) is 152 Å². The minimum absolute atomic E-state index is 0.638. The highest BCUT2D eigenvalue weighted by Crippen LogP contribution is 2.36. The lowest BCUT2D eigenvalue weighted by atomic mass is 9.92. The van der Waals surface area contributed by atoms with Gasteiger partial charge in [-0.3, -0.25) is 0 Å². The summed E-state index contributed by atoms with van der Waals surface area (Å²) < 4.78 is 0. The van der Waals surface area contributed by atoms with Gasteiger partial charge in [0.25, 0.3) is 0 Å². The number of rotatable bonds is 6. The highest BCUT2D eigenvalue weighted by atomic mass is 15.0. The van der Waals surface area contributed by atoms with Crippen LogP contribution in [-0.2, 0) is 0 Å². The van der Waals surface area contributed by atoms with Gasteiger partial charge in [0.15, 0.2) is 17.5 Å². The average molecular weight is 588 g/mol. The minimum atomic E-state index is 0.638. The van der Waals surface area contributed by atoms with E-state index in [1.54, 1.807) is 0 Å². The molecule has 0 amide bonds. The van der Waals surface area contributed by atoms with Crippen molar-refractivity contribution in [2.75, 3.05) is 0 Å². The van der Waals surface area contributed by atoms with Crippen molar-refractivity contribution in [1.29, 1.82) is 0 Å². The number of aromatic nitrogens is 3. The van der Waals surface area contributed by atoms with Gasteiger partial charge < -0.3 is 0 Å². The van der Waals surface area contributed by atoms with E-state index < -0.39 is 0 Å². The molecule has 1 aromatic heterocycles. The third-order valence-corrected chi connectivity index (χ3v) is 8.30. The first-order valence-electron chi connectivity index (χ1n) is 15.4. The van der Waals surface area contributed by atoms with Crippen LogP contribution in [0.5, 0.6) is 0 Å². The molecule has 0 aliphatic heterocycles. The Morgan fingerprint density at radius 2 is 0.696 bits per heavy atom. The van der Waals surface area contributed by atoms with Crippen molar-refractivity contribution in [2.45, 2.75) is 0 Å². The molecule has 0 unspecified atom stereocenters. The van der Waals surface area contributed by atoms with E-state index in [9.17, 15) is 0 Å². The maximum atomic E-state index is 5.07. The van der Waals surface area contributed by atoms with Gasteiger partial charge in [-0.05, 0) is 68.4 Å². The molecule has 0 aliphatic carbocycles. The van der Waals surface area contributed by atoms with Gasteiger partial charge in [0.1, 0.15) is 0 Å². The molecule has 46 heavy (non-hydrogen) atoms. The maximum Gasteiger partial charge on any atom is 0.164 e. The van der Waals surface area contributed by atoms with E-state index in [2.05, 4.69) is 140 Å². The Hall–Kier alpha value is -6.19. The van der Waals surface area contributed by atoms with Crippen molar-refractivity contribution in [1.82, 2.24) is 15.0 Å². The zero-order valence-corrected chi connectivity index (χ0v) is 25.1. The average Bonchev–Trinajstić information content (AvgIpc) is 3.15. The van der Waals surface area contributed by atoms with Gasteiger partial charge in [-0.2, -0.15) is 0 Å². The Morgan fingerprint density at radius 3 is 1.33 bits per heavy atom. The summed E-state index contributed by atoms with van der Waals surface area (Å²) in [7, 11) is 0. The van der Waals surface area contributed by atoms with E-state index in [4.69, 9.17) is 15.0 Å². The van der Waals surface area contributed by atoms with Crippen LogP contribution in [-0.4, -0.2) is 15.0 Å². The third kappa shape index (κ3) is 5.47. The Bertz CT molecular complexity index is 2300. The highest BCUT2D eigenvalue weighted by molar-refractivity contribution is 6.00. The van der Waals surface area contributed by atoms with Crippen molar-refractivity contribution in [3.63, 3.8) is 0 Å². The summed E-state index contributed by atoms with van der Waals surface area (Å²) in [6.07, 6.45) is 0. The molecule has 216 valence electrons. The molecule has 1 heterocycles. The fourth-order valence-electron chi connectivity index (χ4n) is 5.99. The van der Waals surface area contributed by atoms with Crippen molar-refractivity contribution >= 4 is 10.8 Å². The fraction of sp³-hybridized carbons (Fsp3) is 0. The lowest BCUT2D eigenvalue weighted by Crippen LogP contribution is -2.00. The molecule has 0 radical (unpaired) electrons. The number of fused-ring (bicyclic) bond motifs is 1. The lowest BCUT2D eigenvalue weighted by Gasteiger charge is -2.13. The van der Waals surface area contributed by atoms with E-state index in [1.165, 1.54) is 27.5 Å². The van der Waals surface area contributed by atoms with Crippen LogP contribution in [0.4, 0.5) is 0 Å². The van der Waals surface area contributed by atoms with Gasteiger partial charge >= 0.3 is 0 Å².